The third-order valence-corrected chi connectivity index (χ3v) is 7.57. The van der Waals surface area contributed by atoms with Gasteiger partial charge in [0.05, 0.1) is 11.8 Å². The maximum absolute atomic E-state index is 13.1. The minimum atomic E-state index is -1.26. The van der Waals surface area contributed by atoms with Crippen molar-refractivity contribution in [2.75, 3.05) is 11.6 Å². The number of aromatic nitrogens is 1. The minimum absolute atomic E-state index is 0.0432. The normalized spacial score (nSPS) is 24.1. The molecule has 2 fully saturated rings. The second-order valence-electron chi connectivity index (χ2n) is 7.25. The fraction of sp³-hybridized carbons (Fsp3) is 0.500. The van der Waals surface area contributed by atoms with Crippen molar-refractivity contribution in [2.24, 2.45) is 5.16 Å². The van der Waals surface area contributed by atoms with Gasteiger partial charge in [-0.2, -0.15) is 0 Å². The number of carbonyl (C=O) groups is 3. The van der Waals surface area contributed by atoms with Crippen LogP contribution in [-0.4, -0.2) is 61.2 Å². The zero-order valence-corrected chi connectivity index (χ0v) is 18.6. The summed E-state index contributed by atoms with van der Waals surface area (Å²) in [6.45, 7) is 0. The number of oxime groups is 1. The number of hydrogen-bond donors (Lipinski definition) is 3. The first-order valence-electron chi connectivity index (χ1n) is 9.65. The smallest absolute Gasteiger partial charge is 0.352 e. The van der Waals surface area contributed by atoms with Crippen LogP contribution in [0.15, 0.2) is 21.8 Å². The molecule has 166 valence electrons. The van der Waals surface area contributed by atoms with Gasteiger partial charge in [0, 0.05) is 16.8 Å². The average Bonchev–Trinajstić information content (AvgIpc) is 3.39. The number of nitrogens with two attached hydrogens (primary N) is 1. The van der Waals surface area contributed by atoms with E-state index in [-0.39, 0.29) is 57.5 Å². The van der Waals surface area contributed by atoms with E-state index in [0.717, 1.165) is 25.7 Å². The summed E-state index contributed by atoms with van der Waals surface area (Å²) in [5, 5.41) is 17.3. The van der Waals surface area contributed by atoms with E-state index in [1.165, 1.54) is 28.0 Å². The Balaban J connectivity index is 1.60. The van der Waals surface area contributed by atoms with Crippen LogP contribution >= 0.6 is 34.7 Å². The number of hydrogen-bond acceptors (Lipinski definition) is 9. The Morgan fingerprint density at radius 3 is 2.74 bits per heavy atom. The number of carboxylic acids is 1. The number of halogens is 1. The predicted molar refractivity (Wildman–Crippen MR) is 117 cm³/mol. The van der Waals surface area contributed by atoms with Gasteiger partial charge in [0.25, 0.3) is 5.91 Å². The highest BCUT2D eigenvalue weighted by atomic mass is 35.5. The van der Waals surface area contributed by atoms with E-state index in [4.69, 9.17) is 22.2 Å². The summed E-state index contributed by atoms with van der Waals surface area (Å²) in [5.41, 5.74) is 6.01. The van der Waals surface area contributed by atoms with E-state index < -0.39 is 17.3 Å². The standard InChI is InChI=1S/C18H20ClN5O5S2/c19-6-9-14(17(27)28)24-11(25)5-12(24)31-16(9)22-15(26)13(10-7-30-18(20)21-10)23-29-8-3-1-2-4-8/h7-8,12,16H,1-6H2,(H2,20,21)(H,22,26)(H,27,28)/t12-,16?/m0/s1. The summed E-state index contributed by atoms with van der Waals surface area (Å²) < 4.78 is 0. The number of rotatable bonds is 7. The molecule has 0 bridgehead atoms. The first-order valence-corrected chi connectivity index (χ1v) is 12.0. The maximum atomic E-state index is 13.1. The number of thiazole rings is 1. The summed E-state index contributed by atoms with van der Waals surface area (Å²) in [7, 11) is 0. The second kappa shape index (κ2) is 9.05. The number of nitrogen functional groups attached to an aromatic ring is 1. The van der Waals surface area contributed by atoms with Gasteiger partial charge in [0.2, 0.25) is 5.91 Å². The number of alkyl halides is 1. The number of nitrogens with zero attached hydrogens (tertiary/aromatic N) is 3. The van der Waals surface area contributed by atoms with Crippen LogP contribution in [0.4, 0.5) is 5.13 Å². The lowest BCUT2D eigenvalue weighted by molar-refractivity contribution is -0.146. The van der Waals surface area contributed by atoms with Crippen molar-refractivity contribution in [1.82, 2.24) is 15.2 Å². The largest absolute Gasteiger partial charge is 0.477 e. The monoisotopic (exact) mass is 485 g/mol. The topological polar surface area (TPSA) is 147 Å². The number of amides is 2. The van der Waals surface area contributed by atoms with Gasteiger partial charge < -0.3 is 21.0 Å². The summed E-state index contributed by atoms with van der Waals surface area (Å²) in [5.74, 6) is -2.30. The highest BCUT2D eigenvalue weighted by Crippen LogP contribution is 2.43. The molecule has 1 aromatic rings. The highest BCUT2D eigenvalue weighted by Gasteiger charge is 2.48. The number of carbonyl (C=O) groups excluding carboxylic acids is 2. The SMILES string of the molecule is Nc1nc(C(=NOC2CCCC2)C(=O)NC2S[C@H]3CC(=O)N3C(C(=O)O)=C2CCl)cs1. The van der Waals surface area contributed by atoms with Crippen molar-refractivity contribution >= 4 is 63.3 Å². The molecule has 2 amide bonds. The molecule has 1 saturated carbocycles. The molecule has 0 aromatic carbocycles. The van der Waals surface area contributed by atoms with E-state index in [1.807, 2.05) is 0 Å². The van der Waals surface area contributed by atoms with Crippen LogP contribution in [0.5, 0.6) is 0 Å². The van der Waals surface area contributed by atoms with E-state index >= 15 is 0 Å². The number of anilines is 1. The van der Waals surface area contributed by atoms with Crippen LogP contribution in [0.25, 0.3) is 0 Å². The molecule has 1 saturated heterocycles. The van der Waals surface area contributed by atoms with E-state index in [9.17, 15) is 19.5 Å². The van der Waals surface area contributed by atoms with Crippen LogP contribution in [0.1, 0.15) is 37.8 Å². The maximum Gasteiger partial charge on any atom is 0.352 e. The molecule has 4 N–H and O–H groups in total. The number of aliphatic carboxylic acids is 1. The van der Waals surface area contributed by atoms with Gasteiger partial charge in [0.15, 0.2) is 10.8 Å². The Labute approximate surface area is 190 Å². The third kappa shape index (κ3) is 4.37. The van der Waals surface area contributed by atoms with Gasteiger partial charge in [0.1, 0.15) is 22.9 Å². The van der Waals surface area contributed by atoms with Crippen molar-refractivity contribution in [3.05, 3.63) is 22.3 Å². The second-order valence-corrected chi connectivity index (χ2v) is 9.69. The molecule has 1 aromatic heterocycles. The molecule has 1 unspecified atom stereocenters. The number of thioether (sulfide) groups is 1. The van der Waals surface area contributed by atoms with Crippen LogP contribution in [0.2, 0.25) is 0 Å². The van der Waals surface area contributed by atoms with Crippen molar-refractivity contribution in [3.8, 4) is 0 Å². The van der Waals surface area contributed by atoms with Crippen molar-refractivity contribution in [1.29, 1.82) is 0 Å². The molecule has 31 heavy (non-hydrogen) atoms. The fourth-order valence-corrected chi connectivity index (χ4v) is 6.04. The molecule has 0 radical (unpaired) electrons. The summed E-state index contributed by atoms with van der Waals surface area (Å²) in [6.07, 6.45) is 3.95. The van der Waals surface area contributed by atoms with Crippen LogP contribution in [-0.2, 0) is 19.2 Å². The molecule has 3 aliphatic rings. The summed E-state index contributed by atoms with van der Waals surface area (Å²) in [6, 6.07) is 0. The molecular formula is C18H20ClN5O5S2. The predicted octanol–water partition coefficient (Wildman–Crippen LogP) is 1.71. The highest BCUT2D eigenvalue weighted by molar-refractivity contribution is 8.00. The zero-order chi connectivity index (χ0) is 22.1. The molecule has 2 aliphatic heterocycles. The Hall–Kier alpha value is -2.31. The molecule has 4 rings (SSSR count). The Bertz CT molecular complexity index is 974. The van der Waals surface area contributed by atoms with Gasteiger partial charge in [-0.1, -0.05) is 5.16 Å². The Morgan fingerprint density at radius 2 is 2.16 bits per heavy atom. The summed E-state index contributed by atoms with van der Waals surface area (Å²) >= 11 is 8.45. The van der Waals surface area contributed by atoms with E-state index in [1.54, 1.807) is 5.38 Å². The zero-order valence-electron chi connectivity index (χ0n) is 16.2. The Kier molecular flexibility index (Phi) is 6.39. The first-order chi connectivity index (χ1) is 14.9. The minimum Gasteiger partial charge on any atom is -0.477 e. The van der Waals surface area contributed by atoms with Crippen LogP contribution < -0.4 is 11.1 Å². The molecule has 0 spiro atoms. The molecule has 10 nitrogen and oxygen atoms in total. The van der Waals surface area contributed by atoms with Crippen LogP contribution in [0, 0.1) is 0 Å². The first kappa shape index (κ1) is 21.9. The lowest BCUT2D eigenvalue weighted by atomic mass is 10.1. The average molecular weight is 486 g/mol. The lowest BCUT2D eigenvalue weighted by Crippen LogP contribution is -2.57. The van der Waals surface area contributed by atoms with Gasteiger partial charge in [-0.25, -0.2) is 9.78 Å². The molecule has 3 heterocycles. The number of carboxylic acid groups (broad SMARTS) is 1. The van der Waals surface area contributed by atoms with Crippen LogP contribution in [0.3, 0.4) is 0 Å². The lowest BCUT2D eigenvalue weighted by Gasteiger charge is -2.46. The molecule has 1 aliphatic carbocycles. The van der Waals surface area contributed by atoms with E-state index in [0.29, 0.717) is 0 Å². The number of nitrogens with one attached hydrogen (secondary N) is 1. The van der Waals surface area contributed by atoms with Gasteiger partial charge in [-0.3, -0.25) is 14.5 Å². The van der Waals surface area contributed by atoms with Crippen molar-refractivity contribution < 1.29 is 24.3 Å². The molecular weight excluding hydrogens is 466 g/mol. The van der Waals surface area contributed by atoms with Crippen molar-refractivity contribution in [2.45, 2.75) is 49.0 Å². The molecule has 2 atom stereocenters. The third-order valence-electron chi connectivity index (χ3n) is 5.24. The Morgan fingerprint density at radius 1 is 1.42 bits per heavy atom. The van der Waals surface area contributed by atoms with Gasteiger partial charge >= 0.3 is 5.97 Å². The number of fused-ring (bicyclic) bond motifs is 1. The quantitative estimate of drug-likeness (QED) is 0.229. The summed E-state index contributed by atoms with van der Waals surface area (Å²) in [4.78, 5) is 47.8. The van der Waals surface area contributed by atoms with Gasteiger partial charge in [-0.15, -0.1) is 34.7 Å². The van der Waals surface area contributed by atoms with Crippen molar-refractivity contribution in [3.63, 3.8) is 0 Å². The fourth-order valence-electron chi connectivity index (χ4n) is 3.69. The van der Waals surface area contributed by atoms with E-state index in [2.05, 4.69) is 15.5 Å². The molecule has 13 heteroatoms. The number of β-lactam (4-membered cyclic amide) rings is 1. The van der Waals surface area contributed by atoms with Gasteiger partial charge in [-0.05, 0) is 25.7 Å².